The van der Waals surface area contributed by atoms with Gasteiger partial charge in [-0.1, -0.05) is 13.8 Å². The third-order valence-electron chi connectivity index (χ3n) is 3.88. The van der Waals surface area contributed by atoms with Crippen molar-refractivity contribution in [1.82, 2.24) is 0 Å². The van der Waals surface area contributed by atoms with Crippen LogP contribution in [-0.2, 0) is 9.59 Å². The Balaban J connectivity index is 0.000000367. The molecule has 0 spiro atoms. The SMILES string of the molecule is CCC(=O)C(Oc1cc(C#N)cc(C#N)c1)C(=O)CC.N#Cc1cc(O)cc(C#N)c1. The van der Waals surface area contributed by atoms with E-state index in [1.54, 1.807) is 13.8 Å². The quantitative estimate of drug-likeness (QED) is 0.705. The third-order valence-corrected chi connectivity index (χ3v) is 3.88. The van der Waals surface area contributed by atoms with Crippen LogP contribution in [0, 0.1) is 45.3 Å². The molecule has 1 N–H and O–H groups in total. The summed E-state index contributed by atoms with van der Waals surface area (Å²) in [5, 5.41) is 43.5. The normalized spacial score (nSPS) is 9.13. The van der Waals surface area contributed by atoms with E-state index in [9.17, 15) is 9.59 Å². The summed E-state index contributed by atoms with van der Waals surface area (Å²) in [5.41, 5.74) is 1.07. The second kappa shape index (κ2) is 12.0. The Morgan fingerprint density at radius 2 is 1.13 bits per heavy atom. The van der Waals surface area contributed by atoms with Gasteiger partial charge in [0.2, 0.25) is 6.10 Å². The summed E-state index contributed by atoms with van der Waals surface area (Å²) in [6.45, 7) is 3.29. The van der Waals surface area contributed by atoms with Gasteiger partial charge >= 0.3 is 0 Å². The number of carbonyl (C=O) groups excluding carboxylic acids is 2. The van der Waals surface area contributed by atoms with Gasteiger partial charge in [-0.15, -0.1) is 0 Å². The summed E-state index contributed by atoms with van der Waals surface area (Å²) < 4.78 is 5.40. The highest BCUT2D eigenvalue weighted by Crippen LogP contribution is 2.19. The number of rotatable bonds is 6. The average molecular weight is 414 g/mol. The molecule has 2 aromatic rings. The fourth-order valence-electron chi connectivity index (χ4n) is 2.35. The van der Waals surface area contributed by atoms with E-state index in [0.29, 0.717) is 11.1 Å². The minimum atomic E-state index is -1.18. The van der Waals surface area contributed by atoms with Crippen molar-refractivity contribution >= 4 is 11.6 Å². The lowest BCUT2D eigenvalue weighted by Crippen LogP contribution is -2.35. The highest BCUT2D eigenvalue weighted by atomic mass is 16.5. The Bertz CT molecular complexity index is 1060. The average Bonchev–Trinajstić information content (AvgIpc) is 2.80. The van der Waals surface area contributed by atoms with Crippen LogP contribution in [0.25, 0.3) is 0 Å². The molecule has 0 aliphatic carbocycles. The number of ether oxygens (including phenoxy) is 1. The first-order valence-corrected chi connectivity index (χ1v) is 9.13. The van der Waals surface area contributed by atoms with Gasteiger partial charge in [-0.05, 0) is 36.4 Å². The lowest BCUT2D eigenvalue weighted by Gasteiger charge is -2.16. The number of aromatic hydroxyl groups is 1. The molecule has 31 heavy (non-hydrogen) atoms. The maximum absolute atomic E-state index is 11.7. The van der Waals surface area contributed by atoms with E-state index in [1.165, 1.54) is 36.4 Å². The summed E-state index contributed by atoms with van der Waals surface area (Å²) in [5.74, 6) is -0.523. The van der Waals surface area contributed by atoms with Gasteiger partial charge in [-0.2, -0.15) is 21.0 Å². The van der Waals surface area contributed by atoms with Crippen LogP contribution in [0.4, 0.5) is 0 Å². The van der Waals surface area contributed by atoms with Gasteiger partial charge in [0.25, 0.3) is 0 Å². The molecular weight excluding hydrogens is 396 g/mol. The fourth-order valence-corrected chi connectivity index (χ4v) is 2.35. The van der Waals surface area contributed by atoms with E-state index in [2.05, 4.69) is 0 Å². The lowest BCUT2D eigenvalue weighted by molar-refractivity contribution is -0.136. The second-order valence-electron chi connectivity index (χ2n) is 6.10. The molecule has 0 fully saturated rings. The Labute approximate surface area is 179 Å². The van der Waals surface area contributed by atoms with Gasteiger partial charge in [-0.25, -0.2) is 0 Å². The van der Waals surface area contributed by atoms with E-state index >= 15 is 0 Å². The first kappa shape index (κ1) is 24.4. The topological polar surface area (TPSA) is 159 Å². The summed E-state index contributed by atoms with van der Waals surface area (Å²) >= 11 is 0. The summed E-state index contributed by atoms with van der Waals surface area (Å²) in [4.78, 5) is 23.5. The number of hydrogen-bond donors (Lipinski definition) is 1. The molecule has 2 rings (SSSR count). The zero-order chi connectivity index (χ0) is 23.4. The van der Waals surface area contributed by atoms with E-state index in [1.807, 2.05) is 24.3 Å². The number of phenols is 1. The minimum Gasteiger partial charge on any atom is -0.508 e. The molecule has 8 nitrogen and oxygen atoms in total. The van der Waals surface area contributed by atoms with Gasteiger partial charge in [0.15, 0.2) is 11.6 Å². The predicted molar refractivity (Wildman–Crippen MR) is 108 cm³/mol. The minimum absolute atomic E-state index is 0.0550. The number of phenolic OH excluding ortho intramolecular Hbond substituents is 1. The Morgan fingerprint density at radius 3 is 1.45 bits per heavy atom. The number of hydrogen-bond acceptors (Lipinski definition) is 8. The molecule has 2 aromatic carbocycles. The zero-order valence-corrected chi connectivity index (χ0v) is 16.9. The molecule has 0 radical (unpaired) electrons. The number of Topliss-reactive ketones (excluding diaryl/α,β-unsaturated/α-hetero) is 2. The van der Waals surface area contributed by atoms with Crippen LogP contribution in [0.1, 0.15) is 48.9 Å². The standard InChI is InChI=1S/C15H14N2O3.C8H4N2O/c1-3-13(18)15(14(19)4-2)20-12-6-10(8-16)5-11(7-12)9-17;9-4-6-1-7(5-10)3-8(11)2-6/h5-7,15H,3-4H2,1-2H3;1-3,11H. The molecule has 0 aliphatic heterocycles. The Morgan fingerprint density at radius 1 is 0.774 bits per heavy atom. The van der Waals surface area contributed by atoms with Crippen LogP contribution in [0.5, 0.6) is 11.5 Å². The molecule has 154 valence electrons. The van der Waals surface area contributed by atoms with Crippen molar-refractivity contribution in [1.29, 1.82) is 21.0 Å². The Kier molecular flexibility index (Phi) is 9.45. The van der Waals surface area contributed by atoms with E-state index < -0.39 is 6.10 Å². The van der Waals surface area contributed by atoms with Crippen LogP contribution < -0.4 is 4.74 Å². The van der Waals surface area contributed by atoms with Gasteiger partial charge < -0.3 is 9.84 Å². The number of nitriles is 4. The molecule has 8 heteroatoms. The van der Waals surface area contributed by atoms with E-state index in [0.717, 1.165) is 0 Å². The van der Waals surface area contributed by atoms with Crippen LogP contribution in [0.2, 0.25) is 0 Å². The first-order chi connectivity index (χ1) is 14.8. The Hall–Kier alpha value is -4.66. The molecule has 0 bridgehead atoms. The summed E-state index contributed by atoms with van der Waals surface area (Å²) in [6, 6.07) is 15.7. The van der Waals surface area contributed by atoms with Gasteiger partial charge in [0.05, 0.1) is 46.5 Å². The van der Waals surface area contributed by atoms with Crippen molar-refractivity contribution in [3.63, 3.8) is 0 Å². The third kappa shape index (κ3) is 7.35. The zero-order valence-electron chi connectivity index (χ0n) is 16.9. The molecule has 0 aromatic heterocycles. The molecular formula is C23H18N4O4. The largest absolute Gasteiger partial charge is 0.508 e. The molecule has 0 saturated heterocycles. The van der Waals surface area contributed by atoms with Crippen molar-refractivity contribution in [2.45, 2.75) is 32.8 Å². The monoisotopic (exact) mass is 414 g/mol. The van der Waals surface area contributed by atoms with Crippen LogP contribution >= 0.6 is 0 Å². The van der Waals surface area contributed by atoms with E-state index in [4.69, 9.17) is 30.9 Å². The van der Waals surface area contributed by atoms with Crippen LogP contribution in [-0.4, -0.2) is 22.8 Å². The molecule has 0 atom stereocenters. The summed E-state index contributed by atoms with van der Waals surface area (Å²) in [7, 11) is 0. The molecule has 0 heterocycles. The predicted octanol–water partition coefficient (Wildman–Crippen LogP) is 3.27. The lowest BCUT2D eigenvalue weighted by atomic mass is 10.1. The molecule has 0 amide bonds. The maximum atomic E-state index is 11.7. The number of nitrogens with zero attached hydrogens (tertiary/aromatic N) is 4. The van der Waals surface area contributed by atoms with Gasteiger partial charge in [0, 0.05) is 12.8 Å². The summed E-state index contributed by atoms with van der Waals surface area (Å²) in [6.07, 6.45) is -0.815. The number of ketones is 2. The smallest absolute Gasteiger partial charge is 0.214 e. The first-order valence-electron chi connectivity index (χ1n) is 9.13. The highest BCUT2D eigenvalue weighted by molar-refractivity contribution is 6.05. The van der Waals surface area contributed by atoms with Crippen molar-refractivity contribution in [3.8, 4) is 35.8 Å². The number of benzene rings is 2. The number of carbonyl (C=O) groups is 2. The van der Waals surface area contributed by atoms with Crippen molar-refractivity contribution in [3.05, 3.63) is 58.7 Å². The van der Waals surface area contributed by atoms with Gasteiger partial charge in [-0.3, -0.25) is 9.59 Å². The molecule has 0 saturated carbocycles. The second-order valence-corrected chi connectivity index (χ2v) is 6.10. The van der Waals surface area contributed by atoms with Crippen molar-refractivity contribution in [2.24, 2.45) is 0 Å². The van der Waals surface area contributed by atoms with Crippen molar-refractivity contribution < 1.29 is 19.4 Å². The van der Waals surface area contributed by atoms with E-state index in [-0.39, 0.29) is 47.0 Å². The van der Waals surface area contributed by atoms with Gasteiger partial charge in [0.1, 0.15) is 11.5 Å². The fraction of sp³-hybridized carbons (Fsp3) is 0.217. The maximum Gasteiger partial charge on any atom is 0.214 e. The molecule has 0 aliphatic rings. The molecule has 0 unspecified atom stereocenters. The van der Waals surface area contributed by atoms with Crippen LogP contribution in [0.3, 0.4) is 0 Å². The highest BCUT2D eigenvalue weighted by Gasteiger charge is 2.25. The van der Waals surface area contributed by atoms with Crippen LogP contribution in [0.15, 0.2) is 36.4 Å². The van der Waals surface area contributed by atoms with Crippen molar-refractivity contribution in [2.75, 3.05) is 0 Å².